The van der Waals surface area contributed by atoms with E-state index < -0.39 is 17.9 Å². The van der Waals surface area contributed by atoms with Gasteiger partial charge in [-0.1, -0.05) is 43.5 Å². The third kappa shape index (κ3) is 5.10. The third-order valence-electron chi connectivity index (χ3n) is 7.10. The Labute approximate surface area is 219 Å². The van der Waals surface area contributed by atoms with Crippen LogP contribution in [-0.4, -0.2) is 38.4 Å². The average molecular weight is 515 g/mol. The largest absolute Gasteiger partial charge is 0.480 e. The van der Waals surface area contributed by atoms with Crippen molar-refractivity contribution in [3.8, 4) is 11.4 Å². The highest BCUT2D eigenvalue weighted by atomic mass is 16.4. The summed E-state index contributed by atoms with van der Waals surface area (Å²) in [5.41, 5.74) is 9.91. The smallest absolute Gasteiger partial charge is 0.326 e. The zero-order valence-electron chi connectivity index (χ0n) is 20.8. The Kier molecular flexibility index (Phi) is 7.12. The van der Waals surface area contributed by atoms with Crippen molar-refractivity contribution in [2.45, 2.75) is 50.6 Å². The number of nitrogens with zero attached hydrogens (tertiary/aromatic N) is 3. The number of hydrazone groups is 1. The highest BCUT2D eigenvalue weighted by molar-refractivity contribution is 6.00. The van der Waals surface area contributed by atoms with Gasteiger partial charge in [-0.2, -0.15) is 5.10 Å². The van der Waals surface area contributed by atoms with Crippen LogP contribution in [0, 0.1) is 0 Å². The minimum atomic E-state index is -1.13. The molecule has 0 radical (unpaired) electrons. The van der Waals surface area contributed by atoms with Gasteiger partial charge < -0.3 is 31.0 Å². The lowest BCUT2D eigenvalue weighted by Crippen LogP contribution is -2.42. The number of hydrogen-bond donors (Lipinski definition) is 4. The highest BCUT2D eigenvalue weighted by Crippen LogP contribution is 2.36. The van der Waals surface area contributed by atoms with Crippen LogP contribution in [0.3, 0.4) is 0 Å². The van der Waals surface area contributed by atoms with E-state index in [9.17, 15) is 14.7 Å². The van der Waals surface area contributed by atoms with Gasteiger partial charge >= 0.3 is 5.97 Å². The van der Waals surface area contributed by atoms with Gasteiger partial charge in [0.25, 0.3) is 5.91 Å². The van der Waals surface area contributed by atoms with Crippen LogP contribution in [0.25, 0.3) is 22.4 Å². The molecule has 2 aromatic heterocycles. The molecule has 1 saturated carbocycles. The minimum absolute atomic E-state index is 0.101. The number of carbonyl (C=O) groups is 2. The minimum Gasteiger partial charge on any atom is -0.480 e. The molecule has 5 rings (SSSR count). The van der Waals surface area contributed by atoms with E-state index in [1.54, 1.807) is 48.9 Å². The van der Waals surface area contributed by atoms with Gasteiger partial charge in [-0.25, -0.2) is 9.78 Å². The van der Waals surface area contributed by atoms with E-state index in [1.807, 2.05) is 12.1 Å². The number of amides is 1. The summed E-state index contributed by atoms with van der Waals surface area (Å²) in [5.74, 6) is 4.59. The van der Waals surface area contributed by atoms with Gasteiger partial charge in [-0.05, 0) is 42.7 Å². The maximum absolute atomic E-state index is 13.1. The first-order valence-corrected chi connectivity index (χ1v) is 12.7. The fourth-order valence-corrected chi connectivity index (χ4v) is 5.11. The van der Waals surface area contributed by atoms with E-state index in [-0.39, 0.29) is 12.3 Å². The number of fused-ring (bicyclic) bond motifs is 1. The molecule has 0 spiro atoms. The SMILES string of the molecule is N/N=C(\N)c1ccc(C[C@H](NC(=O)c2ccc3c(c2)nc(-c2ccoc2)n3C2CCCCC2)C(=O)O)cc1. The maximum Gasteiger partial charge on any atom is 0.326 e. The molecule has 2 heterocycles. The van der Waals surface area contributed by atoms with E-state index in [0.29, 0.717) is 22.7 Å². The quantitative estimate of drug-likeness (QED) is 0.120. The summed E-state index contributed by atoms with van der Waals surface area (Å²) in [6.45, 7) is 0. The van der Waals surface area contributed by atoms with E-state index in [0.717, 1.165) is 35.3 Å². The summed E-state index contributed by atoms with van der Waals surface area (Å²) in [7, 11) is 0. The number of aromatic nitrogens is 2. The van der Waals surface area contributed by atoms with Crippen molar-refractivity contribution in [2.24, 2.45) is 16.7 Å². The topological polar surface area (TPSA) is 162 Å². The van der Waals surface area contributed by atoms with E-state index in [2.05, 4.69) is 15.0 Å². The molecule has 0 saturated heterocycles. The van der Waals surface area contributed by atoms with Gasteiger partial charge in [0.2, 0.25) is 0 Å². The summed E-state index contributed by atoms with van der Waals surface area (Å²) in [6.07, 6.45) is 9.13. The fraction of sp³-hybridized carbons (Fsp3) is 0.286. The average Bonchev–Trinajstić information content (AvgIpc) is 3.61. The van der Waals surface area contributed by atoms with Gasteiger partial charge in [0.1, 0.15) is 24.0 Å². The molecule has 38 heavy (non-hydrogen) atoms. The van der Waals surface area contributed by atoms with Gasteiger partial charge in [0, 0.05) is 23.6 Å². The van der Waals surface area contributed by atoms with Crippen LogP contribution in [0.4, 0.5) is 0 Å². The van der Waals surface area contributed by atoms with Crippen molar-refractivity contribution < 1.29 is 19.1 Å². The number of carboxylic acids is 1. The number of imidazole rings is 1. The van der Waals surface area contributed by atoms with E-state index in [1.165, 1.54) is 19.3 Å². The first kappa shape index (κ1) is 25.1. The Morgan fingerprint density at radius 2 is 1.84 bits per heavy atom. The zero-order chi connectivity index (χ0) is 26.6. The van der Waals surface area contributed by atoms with E-state index >= 15 is 0 Å². The van der Waals surface area contributed by atoms with Crippen LogP contribution in [0.2, 0.25) is 0 Å². The molecular weight excluding hydrogens is 484 g/mol. The first-order chi connectivity index (χ1) is 18.4. The number of nitrogens with two attached hydrogens (primary N) is 2. The summed E-state index contributed by atoms with van der Waals surface area (Å²) < 4.78 is 7.57. The van der Waals surface area contributed by atoms with Crippen LogP contribution < -0.4 is 16.9 Å². The molecule has 0 aliphatic heterocycles. The van der Waals surface area contributed by atoms with E-state index in [4.69, 9.17) is 21.0 Å². The molecule has 6 N–H and O–H groups in total. The number of nitrogens with one attached hydrogen (secondary N) is 1. The Bertz CT molecular complexity index is 1470. The number of amidine groups is 1. The molecule has 10 nitrogen and oxygen atoms in total. The number of carboxylic acid groups (broad SMARTS) is 1. The Morgan fingerprint density at radius 1 is 1.11 bits per heavy atom. The summed E-state index contributed by atoms with van der Waals surface area (Å²) in [6, 6.07) is 13.3. The monoisotopic (exact) mass is 514 g/mol. The number of aliphatic carboxylic acids is 1. The van der Waals surface area contributed by atoms with Crippen LogP contribution >= 0.6 is 0 Å². The first-order valence-electron chi connectivity index (χ1n) is 12.7. The molecule has 1 amide bonds. The second kappa shape index (κ2) is 10.8. The predicted molar refractivity (Wildman–Crippen MR) is 144 cm³/mol. The van der Waals surface area contributed by atoms with Crippen LogP contribution in [0.1, 0.15) is 59.6 Å². The lowest BCUT2D eigenvalue weighted by molar-refractivity contribution is -0.139. The van der Waals surface area contributed by atoms with Crippen LogP contribution in [0.15, 0.2) is 70.6 Å². The normalized spacial score (nSPS) is 15.4. The molecule has 1 aliphatic rings. The highest BCUT2D eigenvalue weighted by Gasteiger charge is 2.25. The molecule has 10 heteroatoms. The second-order valence-corrected chi connectivity index (χ2v) is 9.59. The molecule has 1 atom stereocenters. The Hall–Kier alpha value is -4.60. The summed E-state index contributed by atoms with van der Waals surface area (Å²) >= 11 is 0. The van der Waals surface area contributed by atoms with Crippen molar-refractivity contribution >= 4 is 28.7 Å². The Morgan fingerprint density at radius 3 is 2.50 bits per heavy atom. The van der Waals surface area contributed by atoms with Gasteiger partial charge in [-0.15, -0.1) is 0 Å². The zero-order valence-corrected chi connectivity index (χ0v) is 20.8. The molecule has 4 aromatic rings. The Balaban J connectivity index is 1.39. The van der Waals surface area contributed by atoms with Gasteiger partial charge in [0.15, 0.2) is 0 Å². The van der Waals surface area contributed by atoms with Crippen molar-refractivity contribution in [2.75, 3.05) is 0 Å². The summed E-state index contributed by atoms with van der Waals surface area (Å²) in [5, 5.41) is 15.9. The number of hydrogen-bond acceptors (Lipinski definition) is 6. The number of rotatable bonds is 8. The molecule has 196 valence electrons. The third-order valence-corrected chi connectivity index (χ3v) is 7.10. The second-order valence-electron chi connectivity index (χ2n) is 9.59. The molecule has 2 aromatic carbocycles. The summed E-state index contributed by atoms with van der Waals surface area (Å²) in [4.78, 5) is 30.0. The van der Waals surface area contributed by atoms with Gasteiger partial charge in [0.05, 0.1) is 22.9 Å². The van der Waals surface area contributed by atoms with Crippen molar-refractivity contribution in [1.29, 1.82) is 0 Å². The van der Waals surface area contributed by atoms with Crippen molar-refractivity contribution in [1.82, 2.24) is 14.9 Å². The molecule has 1 fully saturated rings. The molecular formula is C28H30N6O4. The fourth-order valence-electron chi connectivity index (χ4n) is 5.11. The lowest BCUT2D eigenvalue weighted by Gasteiger charge is -2.25. The van der Waals surface area contributed by atoms with Crippen LogP contribution in [0.5, 0.6) is 0 Å². The molecule has 1 aliphatic carbocycles. The number of benzene rings is 2. The van der Waals surface area contributed by atoms with Crippen molar-refractivity contribution in [3.05, 3.63) is 77.7 Å². The standard InChI is InChI=1S/C28H30N6O4/c29-25(33-30)18-8-6-17(7-9-18)14-23(28(36)37)32-27(35)19-10-11-24-22(15-19)31-26(20-12-13-38-16-20)34(24)21-4-2-1-3-5-21/h6-13,15-16,21,23H,1-5,14,30H2,(H2,29,33)(H,32,35)(H,36,37)/t23-/m0/s1. The maximum atomic E-state index is 13.1. The van der Waals surface area contributed by atoms with Crippen molar-refractivity contribution in [3.63, 3.8) is 0 Å². The number of furan rings is 1. The molecule has 0 bridgehead atoms. The van der Waals surface area contributed by atoms with Gasteiger partial charge in [-0.3, -0.25) is 4.79 Å². The number of carbonyl (C=O) groups excluding carboxylic acids is 1. The molecule has 0 unspecified atom stereocenters. The lowest BCUT2D eigenvalue weighted by atomic mass is 9.95. The van der Waals surface area contributed by atoms with Crippen LogP contribution in [-0.2, 0) is 11.2 Å². The predicted octanol–water partition coefficient (Wildman–Crippen LogP) is 3.81.